The predicted molar refractivity (Wildman–Crippen MR) is 91.6 cm³/mol. The van der Waals surface area contributed by atoms with Gasteiger partial charge in [0, 0.05) is 17.8 Å². The first kappa shape index (κ1) is 16.6. The lowest BCUT2D eigenvalue weighted by Crippen LogP contribution is -2.14. The molecule has 9 nitrogen and oxygen atoms in total. The Labute approximate surface area is 146 Å². The molecule has 0 spiro atoms. The summed E-state index contributed by atoms with van der Waals surface area (Å²) in [6.45, 7) is 0. The highest BCUT2D eigenvalue weighted by Crippen LogP contribution is 2.19. The molecule has 25 heavy (non-hydrogen) atoms. The Bertz CT molecular complexity index is 882. The summed E-state index contributed by atoms with van der Waals surface area (Å²) < 4.78 is 1.55. The number of nitrogens with one attached hydrogen (secondary N) is 1. The second-order valence-electron chi connectivity index (χ2n) is 4.85. The Hall–Kier alpha value is -3.27. The average Bonchev–Trinajstić information content (AvgIpc) is 3.10. The van der Waals surface area contributed by atoms with Crippen molar-refractivity contribution in [2.75, 3.05) is 11.1 Å². The highest BCUT2D eigenvalue weighted by molar-refractivity contribution is 7.99. The van der Waals surface area contributed by atoms with E-state index >= 15 is 0 Å². The van der Waals surface area contributed by atoms with Gasteiger partial charge < -0.3 is 5.32 Å². The van der Waals surface area contributed by atoms with Crippen LogP contribution in [-0.2, 0) is 4.79 Å². The highest BCUT2D eigenvalue weighted by atomic mass is 32.2. The molecular weight excluding hydrogens is 344 g/mol. The lowest BCUT2D eigenvalue weighted by molar-refractivity contribution is -0.384. The summed E-state index contributed by atoms with van der Waals surface area (Å²) in [6.07, 6.45) is 0. The van der Waals surface area contributed by atoms with E-state index in [1.165, 1.54) is 36.0 Å². The first-order valence-corrected chi connectivity index (χ1v) is 8.13. The number of benzene rings is 2. The number of carbonyl (C=O) groups excluding carboxylic acids is 1. The zero-order valence-corrected chi connectivity index (χ0v) is 13.6. The van der Waals surface area contributed by atoms with Gasteiger partial charge in [0.2, 0.25) is 11.1 Å². The van der Waals surface area contributed by atoms with Crippen LogP contribution in [0.15, 0.2) is 59.8 Å². The van der Waals surface area contributed by atoms with E-state index in [0.717, 1.165) is 5.69 Å². The topological polar surface area (TPSA) is 116 Å². The number of hydrogen-bond donors (Lipinski definition) is 1. The first-order chi connectivity index (χ1) is 12.1. The maximum absolute atomic E-state index is 12.0. The number of anilines is 1. The number of non-ortho nitro benzene ring substituents is 1. The van der Waals surface area contributed by atoms with Crippen molar-refractivity contribution in [2.45, 2.75) is 5.16 Å². The SMILES string of the molecule is O=C(CSc1nnnn1-c1ccccc1)Nc1ccc([N+](=O)[O-])cc1. The molecule has 0 aliphatic carbocycles. The van der Waals surface area contributed by atoms with Crippen LogP contribution in [0.2, 0.25) is 0 Å². The summed E-state index contributed by atoms with van der Waals surface area (Å²) in [6, 6.07) is 15.0. The molecule has 3 rings (SSSR count). The number of hydrogen-bond acceptors (Lipinski definition) is 7. The second kappa shape index (κ2) is 7.53. The number of aromatic nitrogens is 4. The van der Waals surface area contributed by atoms with Gasteiger partial charge in [-0.2, -0.15) is 4.68 Å². The molecule has 0 radical (unpaired) electrons. The number of rotatable bonds is 6. The first-order valence-electron chi connectivity index (χ1n) is 7.14. The summed E-state index contributed by atoms with van der Waals surface area (Å²) in [5, 5.41) is 25.2. The Morgan fingerprint density at radius 2 is 1.88 bits per heavy atom. The number of nitro groups is 1. The van der Waals surface area contributed by atoms with Gasteiger partial charge in [-0.05, 0) is 34.7 Å². The smallest absolute Gasteiger partial charge is 0.269 e. The van der Waals surface area contributed by atoms with E-state index in [2.05, 4.69) is 20.8 Å². The molecule has 0 saturated carbocycles. The third kappa shape index (κ3) is 4.18. The Kier molecular flexibility index (Phi) is 5.00. The van der Waals surface area contributed by atoms with Gasteiger partial charge >= 0.3 is 0 Å². The molecule has 0 saturated heterocycles. The fourth-order valence-electron chi connectivity index (χ4n) is 1.99. The monoisotopic (exact) mass is 356 g/mol. The van der Waals surface area contributed by atoms with Crippen LogP contribution in [-0.4, -0.2) is 36.8 Å². The lowest BCUT2D eigenvalue weighted by atomic mass is 10.3. The van der Waals surface area contributed by atoms with Gasteiger partial charge in [-0.25, -0.2) is 0 Å². The van der Waals surface area contributed by atoms with Crippen molar-refractivity contribution in [3.8, 4) is 5.69 Å². The van der Waals surface area contributed by atoms with Crippen LogP contribution in [0.5, 0.6) is 0 Å². The molecule has 0 unspecified atom stereocenters. The molecule has 10 heteroatoms. The number of carbonyl (C=O) groups is 1. The van der Waals surface area contributed by atoms with E-state index in [9.17, 15) is 14.9 Å². The average molecular weight is 356 g/mol. The minimum absolute atomic E-state index is 0.0330. The molecule has 0 bridgehead atoms. The number of thioether (sulfide) groups is 1. The molecule has 2 aromatic carbocycles. The third-order valence-electron chi connectivity index (χ3n) is 3.14. The van der Waals surface area contributed by atoms with Gasteiger partial charge in [0.1, 0.15) is 0 Å². The van der Waals surface area contributed by atoms with Crippen LogP contribution in [0.1, 0.15) is 0 Å². The molecule has 3 aromatic rings. The number of tetrazole rings is 1. The van der Waals surface area contributed by atoms with Gasteiger partial charge in [0.25, 0.3) is 5.69 Å². The van der Waals surface area contributed by atoms with E-state index in [0.29, 0.717) is 10.8 Å². The number of nitrogens with zero attached hydrogens (tertiary/aromatic N) is 5. The maximum atomic E-state index is 12.0. The fraction of sp³-hybridized carbons (Fsp3) is 0.0667. The van der Waals surface area contributed by atoms with Crippen LogP contribution in [0.4, 0.5) is 11.4 Å². The Morgan fingerprint density at radius 1 is 1.16 bits per heavy atom. The van der Waals surface area contributed by atoms with Gasteiger partial charge in [-0.3, -0.25) is 14.9 Å². The van der Waals surface area contributed by atoms with Crippen LogP contribution >= 0.6 is 11.8 Å². The van der Waals surface area contributed by atoms with E-state index < -0.39 is 4.92 Å². The summed E-state index contributed by atoms with van der Waals surface area (Å²) in [7, 11) is 0. The minimum Gasteiger partial charge on any atom is -0.325 e. The van der Waals surface area contributed by atoms with Gasteiger partial charge in [-0.15, -0.1) is 5.10 Å². The van der Waals surface area contributed by atoms with Crippen LogP contribution in [0.3, 0.4) is 0 Å². The van der Waals surface area contributed by atoms with Gasteiger partial charge in [0.05, 0.1) is 16.4 Å². The minimum atomic E-state index is -0.495. The van der Waals surface area contributed by atoms with E-state index in [1.807, 2.05) is 30.3 Å². The zero-order chi connectivity index (χ0) is 17.6. The van der Waals surface area contributed by atoms with Crippen molar-refractivity contribution in [3.05, 3.63) is 64.7 Å². The molecule has 126 valence electrons. The van der Waals surface area contributed by atoms with Gasteiger partial charge in [-0.1, -0.05) is 30.0 Å². The fourth-order valence-corrected chi connectivity index (χ4v) is 2.68. The molecular formula is C15H12N6O3S. The number of para-hydroxylation sites is 1. The molecule has 0 aliphatic rings. The van der Waals surface area contributed by atoms with Crippen molar-refractivity contribution >= 4 is 29.0 Å². The van der Waals surface area contributed by atoms with Crippen LogP contribution < -0.4 is 5.32 Å². The van der Waals surface area contributed by atoms with Crippen molar-refractivity contribution in [3.63, 3.8) is 0 Å². The zero-order valence-electron chi connectivity index (χ0n) is 12.8. The van der Waals surface area contributed by atoms with Crippen molar-refractivity contribution in [2.24, 2.45) is 0 Å². The molecule has 1 heterocycles. The summed E-state index contributed by atoms with van der Waals surface area (Å²) in [4.78, 5) is 22.1. The van der Waals surface area contributed by atoms with Crippen molar-refractivity contribution in [1.82, 2.24) is 20.2 Å². The quantitative estimate of drug-likeness (QED) is 0.409. The summed E-state index contributed by atoms with van der Waals surface area (Å²) in [5.41, 5.74) is 1.25. The van der Waals surface area contributed by atoms with Crippen molar-refractivity contribution < 1.29 is 9.72 Å². The van der Waals surface area contributed by atoms with E-state index in [4.69, 9.17) is 0 Å². The molecule has 0 atom stereocenters. The second-order valence-corrected chi connectivity index (χ2v) is 5.79. The molecule has 1 aromatic heterocycles. The number of amides is 1. The summed E-state index contributed by atoms with van der Waals surface area (Å²) >= 11 is 1.19. The summed E-state index contributed by atoms with van der Waals surface area (Å²) in [5.74, 6) is -0.161. The van der Waals surface area contributed by atoms with E-state index in [-0.39, 0.29) is 17.3 Å². The largest absolute Gasteiger partial charge is 0.325 e. The maximum Gasteiger partial charge on any atom is 0.269 e. The predicted octanol–water partition coefficient (Wildman–Crippen LogP) is 2.30. The molecule has 1 amide bonds. The lowest BCUT2D eigenvalue weighted by Gasteiger charge is -2.05. The highest BCUT2D eigenvalue weighted by Gasteiger charge is 2.12. The molecule has 1 N–H and O–H groups in total. The van der Waals surface area contributed by atoms with Crippen LogP contribution in [0.25, 0.3) is 5.69 Å². The van der Waals surface area contributed by atoms with Gasteiger partial charge in [0.15, 0.2) is 0 Å². The number of nitro benzene ring substituents is 1. The Morgan fingerprint density at radius 3 is 2.56 bits per heavy atom. The third-order valence-corrected chi connectivity index (χ3v) is 4.06. The standard InChI is InChI=1S/C15H12N6O3S/c22-14(16-11-6-8-13(9-7-11)21(23)24)10-25-15-17-18-19-20(15)12-4-2-1-3-5-12/h1-9H,10H2,(H,16,22). The van der Waals surface area contributed by atoms with E-state index in [1.54, 1.807) is 4.68 Å². The molecule has 0 aliphatic heterocycles. The normalized spacial score (nSPS) is 10.4. The van der Waals surface area contributed by atoms with Crippen LogP contribution in [0, 0.1) is 10.1 Å². The molecule has 0 fully saturated rings. The van der Waals surface area contributed by atoms with Crippen molar-refractivity contribution in [1.29, 1.82) is 0 Å². The Balaban J connectivity index is 1.60.